The smallest absolute Gasteiger partial charge is 0.123 e. The fourth-order valence-electron chi connectivity index (χ4n) is 1.56. The molecule has 2 N–H and O–H groups in total. The standard InChI is InChI=1S/C13H21NO2/c1-4-16-13-6-5-10(2)7-12(13)9-14-8-11(3)15/h5-7,11,14-15H,4,8-9H2,1-3H3/t11-/m0/s1. The van der Waals surface area contributed by atoms with Crippen LogP contribution in [0.4, 0.5) is 0 Å². The van der Waals surface area contributed by atoms with Crippen molar-refractivity contribution in [2.75, 3.05) is 13.2 Å². The highest BCUT2D eigenvalue weighted by atomic mass is 16.5. The number of benzene rings is 1. The summed E-state index contributed by atoms with van der Waals surface area (Å²) in [7, 11) is 0. The first kappa shape index (κ1) is 13.0. The molecule has 0 heterocycles. The SMILES string of the molecule is CCOc1ccc(C)cc1CNC[C@H](C)O. The molecule has 0 spiro atoms. The van der Waals surface area contributed by atoms with Crippen LogP contribution in [-0.4, -0.2) is 24.4 Å². The van der Waals surface area contributed by atoms with E-state index in [0.29, 0.717) is 13.2 Å². The minimum Gasteiger partial charge on any atom is -0.494 e. The molecule has 0 unspecified atom stereocenters. The minimum absolute atomic E-state index is 0.319. The van der Waals surface area contributed by atoms with E-state index >= 15 is 0 Å². The molecule has 1 atom stereocenters. The summed E-state index contributed by atoms with van der Waals surface area (Å²) in [5.74, 6) is 0.922. The number of hydrogen-bond donors (Lipinski definition) is 2. The normalized spacial score (nSPS) is 12.5. The van der Waals surface area contributed by atoms with E-state index in [4.69, 9.17) is 9.84 Å². The largest absolute Gasteiger partial charge is 0.494 e. The van der Waals surface area contributed by atoms with Gasteiger partial charge in [0.25, 0.3) is 0 Å². The number of aryl methyl sites for hydroxylation is 1. The van der Waals surface area contributed by atoms with Crippen LogP contribution in [0.5, 0.6) is 5.75 Å². The molecule has 0 saturated carbocycles. The Morgan fingerprint density at radius 1 is 1.44 bits per heavy atom. The summed E-state index contributed by atoms with van der Waals surface area (Å²) in [5.41, 5.74) is 2.36. The lowest BCUT2D eigenvalue weighted by Crippen LogP contribution is -2.24. The first-order valence-electron chi connectivity index (χ1n) is 5.74. The maximum absolute atomic E-state index is 9.16. The van der Waals surface area contributed by atoms with Crippen molar-refractivity contribution in [3.63, 3.8) is 0 Å². The quantitative estimate of drug-likeness (QED) is 0.773. The van der Waals surface area contributed by atoms with Gasteiger partial charge in [-0.15, -0.1) is 0 Å². The zero-order chi connectivity index (χ0) is 12.0. The van der Waals surface area contributed by atoms with Crippen LogP contribution in [0, 0.1) is 6.92 Å². The Balaban J connectivity index is 2.64. The van der Waals surface area contributed by atoms with Crippen molar-refractivity contribution in [1.82, 2.24) is 5.32 Å². The minimum atomic E-state index is -0.319. The molecule has 0 saturated heterocycles. The van der Waals surface area contributed by atoms with Gasteiger partial charge in [-0.3, -0.25) is 0 Å². The Hall–Kier alpha value is -1.06. The van der Waals surface area contributed by atoms with Crippen LogP contribution in [-0.2, 0) is 6.54 Å². The molecule has 0 amide bonds. The monoisotopic (exact) mass is 223 g/mol. The van der Waals surface area contributed by atoms with Crippen LogP contribution in [0.1, 0.15) is 25.0 Å². The van der Waals surface area contributed by atoms with E-state index in [0.717, 1.165) is 17.9 Å². The van der Waals surface area contributed by atoms with E-state index in [1.165, 1.54) is 5.56 Å². The Kier molecular flexibility index (Phi) is 5.29. The molecule has 0 aliphatic carbocycles. The summed E-state index contributed by atoms with van der Waals surface area (Å²) >= 11 is 0. The van der Waals surface area contributed by atoms with Crippen LogP contribution in [0.15, 0.2) is 18.2 Å². The van der Waals surface area contributed by atoms with Crippen molar-refractivity contribution in [3.8, 4) is 5.75 Å². The van der Waals surface area contributed by atoms with Crippen molar-refractivity contribution < 1.29 is 9.84 Å². The van der Waals surface area contributed by atoms with Crippen molar-refractivity contribution >= 4 is 0 Å². The molecule has 0 bridgehead atoms. The van der Waals surface area contributed by atoms with Gasteiger partial charge in [0.15, 0.2) is 0 Å². The molecule has 1 aromatic carbocycles. The van der Waals surface area contributed by atoms with Gasteiger partial charge in [-0.1, -0.05) is 17.7 Å². The van der Waals surface area contributed by atoms with Gasteiger partial charge in [-0.05, 0) is 26.8 Å². The number of rotatable bonds is 6. The predicted octanol–water partition coefficient (Wildman–Crippen LogP) is 1.86. The van der Waals surface area contributed by atoms with Gasteiger partial charge in [0, 0.05) is 18.7 Å². The summed E-state index contributed by atoms with van der Waals surface area (Å²) in [6, 6.07) is 6.15. The van der Waals surface area contributed by atoms with Crippen LogP contribution in [0.25, 0.3) is 0 Å². The summed E-state index contributed by atoms with van der Waals surface area (Å²) in [4.78, 5) is 0. The Morgan fingerprint density at radius 3 is 2.81 bits per heavy atom. The van der Waals surface area contributed by atoms with E-state index in [9.17, 15) is 0 Å². The lowest BCUT2D eigenvalue weighted by molar-refractivity contribution is 0.190. The highest BCUT2D eigenvalue weighted by Crippen LogP contribution is 2.19. The molecule has 1 aromatic rings. The van der Waals surface area contributed by atoms with Crippen LogP contribution >= 0.6 is 0 Å². The van der Waals surface area contributed by atoms with Gasteiger partial charge >= 0.3 is 0 Å². The maximum Gasteiger partial charge on any atom is 0.123 e. The number of nitrogens with one attached hydrogen (secondary N) is 1. The summed E-state index contributed by atoms with van der Waals surface area (Å²) in [6.45, 7) is 7.81. The fraction of sp³-hybridized carbons (Fsp3) is 0.538. The fourth-order valence-corrected chi connectivity index (χ4v) is 1.56. The maximum atomic E-state index is 9.16. The summed E-state index contributed by atoms with van der Waals surface area (Å²) in [5, 5.41) is 12.4. The van der Waals surface area contributed by atoms with Gasteiger partial charge in [0.2, 0.25) is 0 Å². The Bertz CT molecular complexity index is 324. The molecule has 0 radical (unpaired) electrons. The van der Waals surface area contributed by atoms with Gasteiger partial charge in [-0.2, -0.15) is 0 Å². The average Bonchev–Trinajstić information content (AvgIpc) is 2.21. The zero-order valence-electron chi connectivity index (χ0n) is 10.3. The second-order valence-corrected chi connectivity index (χ2v) is 4.02. The molecule has 3 nitrogen and oxygen atoms in total. The van der Waals surface area contributed by atoms with E-state index in [-0.39, 0.29) is 6.10 Å². The van der Waals surface area contributed by atoms with Gasteiger partial charge < -0.3 is 15.2 Å². The molecule has 0 aliphatic heterocycles. The molecule has 0 fully saturated rings. The van der Waals surface area contributed by atoms with E-state index in [1.54, 1.807) is 6.92 Å². The third-order valence-corrected chi connectivity index (χ3v) is 2.27. The summed E-state index contributed by atoms with van der Waals surface area (Å²) in [6.07, 6.45) is -0.319. The molecule has 0 aliphatic rings. The van der Waals surface area contributed by atoms with Crippen molar-refractivity contribution in [2.24, 2.45) is 0 Å². The predicted molar refractivity (Wildman–Crippen MR) is 65.7 cm³/mol. The number of hydrogen-bond acceptors (Lipinski definition) is 3. The Morgan fingerprint density at radius 2 is 2.19 bits per heavy atom. The zero-order valence-corrected chi connectivity index (χ0v) is 10.3. The second-order valence-electron chi connectivity index (χ2n) is 4.02. The molecule has 1 rings (SSSR count). The molecule has 16 heavy (non-hydrogen) atoms. The van der Waals surface area contributed by atoms with Crippen LogP contribution in [0.2, 0.25) is 0 Å². The van der Waals surface area contributed by atoms with Crippen molar-refractivity contribution in [1.29, 1.82) is 0 Å². The van der Waals surface area contributed by atoms with Crippen LogP contribution < -0.4 is 10.1 Å². The highest BCUT2D eigenvalue weighted by molar-refractivity contribution is 5.36. The molecule has 0 aromatic heterocycles. The van der Waals surface area contributed by atoms with Gasteiger partial charge in [-0.25, -0.2) is 0 Å². The van der Waals surface area contributed by atoms with E-state index < -0.39 is 0 Å². The van der Waals surface area contributed by atoms with Crippen molar-refractivity contribution in [2.45, 2.75) is 33.4 Å². The first-order chi connectivity index (χ1) is 7.63. The second kappa shape index (κ2) is 6.51. The highest BCUT2D eigenvalue weighted by Gasteiger charge is 2.04. The molecule has 90 valence electrons. The molecular formula is C13H21NO2. The van der Waals surface area contributed by atoms with Crippen molar-refractivity contribution in [3.05, 3.63) is 29.3 Å². The van der Waals surface area contributed by atoms with Gasteiger partial charge in [0.05, 0.1) is 12.7 Å². The first-order valence-corrected chi connectivity index (χ1v) is 5.74. The van der Waals surface area contributed by atoms with Gasteiger partial charge in [0.1, 0.15) is 5.75 Å². The lowest BCUT2D eigenvalue weighted by atomic mass is 10.1. The Labute approximate surface area is 97.4 Å². The average molecular weight is 223 g/mol. The number of aliphatic hydroxyl groups excluding tert-OH is 1. The topological polar surface area (TPSA) is 41.5 Å². The summed E-state index contributed by atoms with van der Waals surface area (Å²) < 4.78 is 5.55. The molecular weight excluding hydrogens is 202 g/mol. The number of ether oxygens (including phenoxy) is 1. The van der Waals surface area contributed by atoms with E-state index in [1.807, 2.05) is 19.1 Å². The third kappa shape index (κ3) is 4.21. The van der Waals surface area contributed by atoms with Crippen LogP contribution in [0.3, 0.4) is 0 Å². The lowest BCUT2D eigenvalue weighted by Gasteiger charge is -2.12. The number of aliphatic hydroxyl groups is 1. The third-order valence-electron chi connectivity index (χ3n) is 2.27. The van der Waals surface area contributed by atoms with E-state index in [2.05, 4.69) is 18.3 Å². The molecule has 3 heteroatoms.